The van der Waals surface area contributed by atoms with E-state index in [4.69, 9.17) is 9.47 Å². The van der Waals surface area contributed by atoms with Crippen molar-refractivity contribution >= 4 is 5.91 Å². The van der Waals surface area contributed by atoms with Crippen molar-refractivity contribution in [2.24, 2.45) is 0 Å². The molecule has 2 aromatic rings. The van der Waals surface area contributed by atoms with Crippen molar-refractivity contribution in [3.63, 3.8) is 0 Å². The number of carbonyl (C=O) groups excluding carboxylic acids is 1. The standard InChI is InChI=1S/C24H30N2O4/c27-21(20-5-2-1-3-6-20)18-25-11-13-26(14-12-25)24(28)10-8-19-7-9-22-23(17-19)30-16-4-15-29-22/h1-3,5-7,9,17,21,27H,4,8,10-16,18H2. The maximum atomic E-state index is 12.7. The van der Waals surface area contributed by atoms with Gasteiger partial charge in [-0.2, -0.15) is 0 Å². The van der Waals surface area contributed by atoms with Gasteiger partial charge in [0.2, 0.25) is 5.91 Å². The summed E-state index contributed by atoms with van der Waals surface area (Å²) in [7, 11) is 0. The minimum Gasteiger partial charge on any atom is -0.490 e. The van der Waals surface area contributed by atoms with E-state index in [0.29, 0.717) is 45.7 Å². The molecule has 2 heterocycles. The van der Waals surface area contributed by atoms with Crippen molar-refractivity contribution in [1.82, 2.24) is 9.80 Å². The lowest BCUT2D eigenvalue weighted by Gasteiger charge is -2.35. The summed E-state index contributed by atoms with van der Waals surface area (Å²) in [5.41, 5.74) is 2.03. The summed E-state index contributed by atoms with van der Waals surface area (Å²) in [5.74, 6) is 1.75. The average molecular weight is 411 g/mol. The SMILES string of the molecule is O=C(CCc1ccc2c(c1)OCCCO2)N1CCN(CC(O)c2ccccc2)CC1. The second kappa shape index (κ2) is 9.96. The normalized spacial score (nSPS) is 18.0. The van der Waals surface area contributed by atoms with Crippen molar-refractivity contribution in [2.75, 3.05) is 45.9 Å². The molecular formula is C24H30N2O4. The van der Waals surface area contributed by atoms with Gasteiger partial charge in [-0.15, -0.1) is 0 Å². The van der Waals surface area contributed by atoms with Gasteiger partial charge in [0.05, 0.1) is 19.3 Å². The monoisotopic (exact) mass is 410 g/mol. The lowest BCUT2D eigenvalue weighted by atomic mass is 10.1. The van der Waals surface area contributed by atoms with E-state index in [-0.39, 0.29) is 5.91 Å². The molecule has 0 spiro atoms. The Morgan fingerprint density at radius 2 is 1.70 bits per heavy atom. The van der Waals surface area contributed by atoms with Crippen molar-refractivity contribution in [1.29, 1.82) is 0 Å². The number of β-amino-alcohol motifs (C(OH)–C–C–N with tert-alkyl or cyclic N) is 1. The Morgan fingerprint density at radius 1 is 0.967 bits per heavy atom. The minimum atomic E-state index is -0.493. The Bertz CT molecular complexity index is 834. The third kappa shape index (κ3) is 5.32. The summed E-state index contributed by atoms with van der Waals surface area (Å²) in [4.78, 5) is 16.8. The number of aliphatic hydroxyl groups excluding tert-OH is 1. The van der Waals surface area contributed by atoms with E-state index in [0.717, 1.165) is 42.1 Å². The molecule has 6 nitrogen and oxygen atoms in total. The van der Waals surface area contributed by atoms with Gasteiger partial charge in [-0.3, -0.25) is 9.69 Å². The van der Waals surface area contributed by atoms with Crippen molar-refractivity contribution in [3.8, 4) is 11.5 Å². The van der Waals surface area contributed by atoms with E-state index < -0.39 is 6.10 Å². The van der Waals surface area contributed by atoms with Crippen LogP contribution in [0.3, 0.4) is 0 Å². The lowest BCUT2D eigenvalue weighted by Crippen LogP contribution is -2.49. The zero-order chi connectivity index (χ0) is 20.8. The van der Waals surface area contributed by atoms with Crippen molar-refractivity contribution < 1.29 is 19.4 Å². The van der Waals surface area contributed by atoms with Crippen LogP contribution in [-0.2, 0) is 11.2 Å². The third-order valence-corrected chi connectivity index (χ3v) is 5.78. The molecule has 2 aliphatic heterocycles. The molecule has 1 saturated heterocycles. The van der Waals surface area contributed by atoms with Crippen LogP contribution in [0.2, 0.25) is 0 Å². The summed E-state index contributed by atoms with van der Waals surface area (Å²) >= 11 is 0. The summed E-state index contributed by atoms with van der Waals surface area (Å²) in [6.45, 7) is 4.95. The molecule has 1 unspecified atom stereocenters. The number of ether oxygens (including phenoxy) is 2. The average Bonchev–Trinajstić information content (AvgIpc) is 3.03. The number of aryl methyl sites for hydroxylation is 1. The van der Waals surface area contributed by atoms with Gasteiger partial charge in [0, 0.05) is 45.6 Å². The second-order valence-electron chi connectivity index (χ2n) is 7.94. The van der Waals surface area contributed by atoms with Crippen LogP contribution >= 0.6 is 0 Å². The van der Waals surface area contributed by atoms with Gasteiger partial charge in [0.1, 0.15) is 0 Å². The van der Waals surface area contributed by atoms with E-state index in [2.05, 4.69) is 4.90 Å². The highest BCUT2D eigenvalue weighted by Crippen LogP contribution is 2.30. The molecule has 2 aliphatic rings. The van der Waals surface area contributed by atoms with Crippen LogP contribution < -0.4 is 9.47 Å². The van der Waals surface area contributed by atoms with Crippen LogP contribution in [0.15, 0.2) is 48.5 Å². The van der Waals surface area contributed by atoms with Gasteiger partial charge >= 0.3 is 0 Å². The molecule has 160 valence electrons. The molecule has 1 fully saturated rings. The van der Waals surface area contributed by atoms with Crippen LogP contribution in [0.4, 0.5) is 0 Å². The predicted octanol–water partition coefficient (Wildman–Crippen LogP) is 2.66. The van der Waals surface area contributed by atoms with Gasteiger partial charge < -0.3 is 19.5 Å². The minimum absolute atomic E-state index is 0.186. The van der Waals surface area contributed by atoms with Crippen molar-refractivity contribution in [2.45, 2.75) is 25.4 Å². The van der Waals surface area contributed by atoms with Gasteiger partial charge in [-0.05, 0) is 29.7 Å². The molecule has 6 heteroatoms. The summed E-state index contributed by atoms with van der Waals surface area (Å²) < 4.78 is 11.4. The maximum absolute atomic E-state index is 12.7. The van der Waals surface area contributed by atoms with E-state index >= 15 is 0 Å². The Hall–Kier alpha value is -2.57. The highest BCUT2D eigenvalue weighted by molar-refractivity contribution is 5.76. The fourth-order valence-electron chi connectivity index (χ4n) is 3.98. The predicted molar refractivity (Wildman–Crippen MR) is 115 cm³/mol. The van der Waals surface area contributed by atoms with Crippen LogP contribution in [0, 0.1) is 0 Å². The molecule has 0 saturated carbocycles. The Labute approximate surface area is 178 Å². The van der Waals surface area contributed by atoms with Gasteiger partial charge in [0.15, 0.2) is 11.5 Å². The number of hydrogen-bond acceptors (Lipinski definition) is 5. The first-order chi connectivity index (χ1) is 14.7. The molecule has 1 atom stereocenters. The molecule has 4 rings (SSSR count). The number of amides is 1. The van der Waals surface area contributed by atoms with Crippen molar-refractivity contribution in [3.05, 3.63) is 59.7 Å². The number of benzene rings is 2. The molecule has 30 heavy (non-hydrogen) atoms. The Morgan fingerprint density at radius 3 is 2.47 bits per heavy atom. The zero-order valence-electron chi connectivity index (χ0n) is 17.3. The van der Waals surface area contributed by atoms with E-state index in [1.807, 2.05) is 53.4 Å². The number of aliphatic hydroxyl groups is 1. The van der Waals surface area contributed by atoms with Crippen LogP contribution in [0.1, 0.15) is 30.1 Å². The number of carbonyl (C=O) groups is 1. The van der Waals surface area contributed by atoms with Gasteiger partial charge in [-0.25, -0.2) is 0 Å². The second-order valence-corrected chi connectivity index (χ2v) is 7.94. The van der Waals surface area contributed by atoms with E-state index in [1.54, 1.807) is 0 Å². The number of fused-ring (bicyclic) bond motifs is 1. The molecule has 0 aliphatic carbocycles. The molecule has 0 bridgehead atoms. The first-order valence-electron chi connectivity index (χ1n) is 10.8. The first kappa shape index (κ1) is 20.7. The Kier molecular flexibility index (Phi) is 6.87. The fraction of sp³-hybridized carbons (Fsp3) is 0.458. The highest BCUT2D eigenvalue weighted by atomic mass is 16.5. The van der Waals surface area contributed by atoms with Crippen LogP contribution in [-0.4, -0.2) is 66.8 Å². The fourth-order valence-corrected chi connectivity index (χ4v) is 3.98. The smallest absolute Gasteiger partial charge is 0.222 e. The summed E-state index contributed by atoms with van der Waals surface area (Å²) in [5, 5.41) is 10.4. The molecule has 0 aromatic heterocycles. The lowest BCUT2D eigenvalue weighted by molar-refractivity contribution is -0.133. The van der Waals surface area contributed by atoms with E-state index in [9.17, 15) is 9.90 Å². The summed E-state index contributed by atoms with van der Waals surface area (Å²) in [6.07, 6.45) is 1.58. The zero-order valence-corrected chi connectivity index (χ0v) is 17.3. The molecule has 0 radical (unpaired) electrons. The molecule has 2 aromatic carbocycles. The molecular weight excluding hydrogens is 380 g/mol. The number of piperazine rings is 1. The quantitative estimate of drug-likeness (QED) is 0.793. The van der Waals surface area contributed by atoms with Crippen LogP contribution in [0.25, 0.3) is 0 Å². The van der Waals surface area contributed by atoms with Crippen LogP contribution in [0.5, 0.6) is 11.5 Å². The molecule has 1 amide bonds. The first-order valence-corrected chi connectivity index (χ1v) is 10.8. The van der Waals surface area contributed by atoms with E-state index in [1.165, 1.54) is 0 Å². The number of hydrogen-bond donors (Lipinski definition) is 1. The number of rotatable bonds is 6. The van der Waals surface area contributed by atoms with Gasteiger partial charge in [-0.1, -0.05) is 36.4 Å². The van der Waals surface area contributed by atoms with Gasteiger partial charge in [0.25, 0.3) is 0 Å². The number of nitrogens with zero attached hydrogens (tertiary/aromatic N) is 2. The highest BCUT2D eigenvalue weighted by Gasteiger charge is 2.23. The molecule has 1 N–H and O–H groups in total. The largest absolute Gasteiger partial charge is 0.490 e. The third-order valence-electron chi connectivity index (χ3n) is 5.78. The topological polar surface area (TPSA) is 62.2 Å². The Balaban J connectivity index is 1.22. The summed E-state index contributed by atoms with van der Waals surface area (Å²) in [6, 6.07) is 15.7. The maximum Gasteiger partial charge on any atom is 0.222 e.